The SMILES string of the molecule is CCOC(=O)Cc1ccc(Nc2nc(NCC(F)(F)F)c3cc[nH]c3n2)cc1. The van der Waals surface area contributed by atoms with E-state index in [-0.39, 0.29) is 24.2 Å². The number of aromatic nitrogens is 3. The summed E-state index contributed by atoms with van der Waals surface area (Å²) in [7, 11) is 0. The first-order valence-corrected chi connectivity index (χ1v) is 8.51. The number of anilines is 3. The third-order valence-corrected chi connectivity index (χ3v) is 3.74. The monoisotopic (exact) mass is 393 g/mol. The third kappa shape index (κ3) is 5.12. The van der Waals surface area contributed by atoms with Crippen molar-refractivity contribution in [1.29, 1.82) is 0 Å². The predicted molar refractivity (Wildman–Crippen MR) is 98.5 cm³/mol. The van der Waals surface area contributed by atoms with E-state index in [4.69, 9.17) is 4.74 Å². The second-order valence-electron chi connectivity index (χ2n) is 5.91. The smallest absolute Gasteiger partial charge is 0.405 e. The molecule has 0 aliphatic rings. The number of hydrogen-bond donors (Lipinski definition) is 3. The summed E-state index contributed by atoms with van der Waals surface area (Å²) < 4.78 is 42.5. The largest absolute Gasteiger partial charge is 0.466 e. The van der Waals surface area contributed by atoms with Gasteiger partial charge >= 0.3 is 12.1 Å². The number of carbonyl (C=O) groups is 1. The fourth-order valence-electron chi connectivity index (χ4n) is 2.53. The van der Waals surface area contributed by atoms with Gasteiger partial charge in [0.05, 0.1) is 18.4 Å². The van der Waals surface area contributed by atoms with E-state index in [0.29, 0.717) is 23.3 Å². The molecule has 1 aromatic carbocycles. The minimum absolute atomic E-state index is 0.0741. The highest BCUT2D eigenvalue weighted by atomic mass is 19.4. The number of nitrogens with one attached hydrogen (secondary N) is 3. The van der Waals surface area contributed by atoms with Crippen LogP contribution in [0.25, 0.3) is 11.0 Å². The number of benzene rings is 1. The Labute approximate surface area is 158 Å². The van der Waals surface area contributed by atoms with Gasteiger partial charge < -0.3 is 20.4 Å². The number of esters is 1. The Morgan fingerprint density at radius 3 is 2.61 bits per heavy atom. The highest BCUT2D eigenvalue weighted by Crippen LogP contribution is 2.24. The molecule has 0 aliphatic carbocycles. The molecule has 0 saturated heterocycles. The summed E-state index contributed by atoms with van der Waals surface area (Å²) >= 11 is 0. The Morgan fingerprint density at radius 1 is 1.18 bits per heavy atom. The molecule has 0 radical (unpaired) electrons. The first kappa shape index (κ1) is 19.5. The molecule has 3 aromatic rings. The molecule has 3 rings (SSSR count). The van der Waals surface area contributed by atoms with Crippen LogP contribution in [0.1, 0.15) is 12.5 Å². The summed E-state index contributed by atoms with van der Waals surface area (Å²) in [5.41, 5.74) is 1.80. The van der Waals surface area contributed by atoms with E-state index in [1.165, 1.54) is 0 Å². The van der Waals surface area contributed by atoms with Gasteiger partial charge in [-0.1, -0.05) is 12.1 Å². The van der Waals surface area contributed by atoms with Crippen molar-refractivity contribution >= 4 is 34.5 Å². The van der Waals surface area contributed by atoms with E-state index in [1.807, 2.05) is 0 Å². The van der Waals surface area contributed by atoms with Gasteiger partial charge in [-0.05, 0) is 30.7 Å². The van der Waals surface area contributed by atoms with E-state index in [9.17, 15) is 18.0 Å². The fraction of sp³-hybridized carbons (Fsp3) is 0.278. The average molecular weight is 393 g/mol. The Kier molecular flexibility index (Phi) is 5.67. The minimum atomic E-state index is -4.37. The molecule has 0 spiro atoms. The van der Waals surface area contributed by atoms with Crippen LogP contribution in [-0.2, 0) is 16.0 Å². The number of carbonyl (C=O) groups excluding carboxylic acids is 1. The molecule has 3 N–H and O–H groups in total. The van der Waals surface area contributed by atoms with Crippen LogP contribution in [0.2, 0.25) is 0 Å². The predicted octanol–water partition coefficient (Wildman–Crippen LogP) is 3.78. The quantitative estimate of drug-likeness (QED) is 0.529. The maximum atomic E-state index is 12.5. The molecular weight excluding hydrogens is 375 g/mol. The molecule has 0 fully saturated rings. The maximum absolute atomic E-state index is 12.5. The van der Waals surface area contributed by atoms with Gasteiger partial charge in [0, 0.05) is 11.9 Å². The Balaban J connectivity index is 1.75. The molecule has 28 heavy (non-hydrogen) atoms. The first-order valence-electron chi connectivity index (χ1n) is 8.51. The van der Waals surface area contributed by atoms with Crippen molar-refractivity contribution in [3.05, 3.63) is 42.1 Å². The van der Waals surface area contributed by atoms with Gasteiger partial charge in [0.1, 0.15) is 18.0 Å². The number of nitrogens with zero attached hydrogens (tertiary/aromatic N) is 2. The maximum Gasteiger partial charge on any atom is 0.405 e. The van der Waals surface area contributed by atoms with Crippen molar-refractivity contribution < 1.29 is 22.7 Å². The van der Waals surface area contributed by atoms with E-state index < -0.39 is 12.7 Å². The fourth-order valence-corrected chi connectivity index (χ4v) is 2.53. The van der Waals surface area contributed by atoms with Crippen molar-refractivity contribution in [1.82, 2.24) is 15.0 Å². The van der Waals surface area contributed by atoms with Gasteiger partial charge in [0.2, 0.25) is 5.95 Å². The van der Waals surface area contributed by atoms with Crippen LogP contribution in [0.3, 0.4) is 0 Å². The van der Waals surface area contributed by atoms with Crippen molar-refractivity contribution in [3.63, 3.8) is 0 Å². The summed E-state index contributed by atoms with van der Waals surface area (Å²) in [6.07, 6.45) is -2.63. The molecule has 0 amide bonds. The standard InChI is InChI=1S/C18H18F3N5O2/c1-2-28-14(27)9-11-3-5-12(6-4-11)24-17-25-15-13(7-8-22-15)16(26-17)23-10-18(19,20)21/h3-8H,2,9-10H2,1H3,(H3,22,23,24,25,26). The number of halogens is 3. The minimum Gasteiger partial charge on any atom is -0.466 e. The summed E-state index contributed by atoms with van der Waals surface area (Å²) in [4.78, 5) is 22.8. The summed E-state index contributed by atoms with van der Waals surface area (Å²) in [6.45, 7) is 0.859. The Bertz CT molecular complexity index is 954. The van der Waals surface area contributed by atoms with Gasteiger partial charge in [-0.2, -0.15) is 23.1 Å². The zero-order chi connectivity index (χ0) is 20.1. The van der Waals surface area contributed by atoms with Crippen molar-refractivity contribution in [2.24, 2.45) is 0 Å². The number of fused-ring (bicyclic) bond motifs is 1. The number of ether oxygens (including phenoxy) is 1. The lowest BCUT2D eigenvalue weighted by molar-refractivity contribution is -0.142. The number of hydrogen-bond acceptors (Lipinski definition) is 6. The van der Waals surface area contributed by atoms with Gasteiger partial charge in [-0.3, -0.25) is 4.79 Å². The molecule has 0 aliphatic heterocycles. The van der Waals surface area contributed by atoms with Gasteiger partial charge in [0.15, 0.2) is 0 Å². The van der Waals surface area contributed by atoms with Crippen molar-refractivity contribution in [3.8, 4) is 0 Å². The van der Waals surface area contributed by atoms with Gasteiger partial charge in [-0.25, -0.2) is 0 Å². The second-order valence-corrected chi connectivity index (χ2v) is 5.91. The van der Waals surface area contributed by atoms with E-state index >= 15 is 0 Å². The van der Waals surface area contributed by atoms with Crippen LogP contribution in [0.5, 0.6) is 0 Å². The molecule has 7 nitrogen and oxygen atoms in total. The topological polar surface area (TPSA) is 91.9 Å². The van der Waals surface area contributed by atoms with E-state index in [1.54, 1.807) is 43.5 Å². The molecule has 0 saturated carbocycles. The first-order chi connectivity index (χ1) is 13.3. The molecule has 2 heterocycles. The van der Waals surface area contributed by atoms with Crippen molar-refractivity contribution in [2.45, 2.75) is 19.5 Å². The van der Waals surface area contributed by atoms with Gasteiger partial charge in [-0.15, -0.1) is 0 Å². The van der Waals surface area contributed by atoms with Crippen LogP contribution in [0, 0.1) is 0 Å². The Morgan fingerprint density at radius 2 is 1.93 bits per heavy atom. The molecule has 0 atom stereocenters. The average Bonchev–Trinajstić information content (AvgIpc) is 3.09. The summed E-state index contributed by atoms with van der Waals surface area (Å²) in [5.74, 6) is -0.105. The number of alkyl halides is 3. The lowest BCUT2D eigenvalue weighted by atomic mass is 10.1. The number of rotatable bonds is 7. The molecule has 148 valence electrons. The van der Waals surface area contributed by atoms with E-state index in [2.05, 4.69) is 25.6 Å². The van der Waals surface area contributed by atoms with Crippen molar-refractivity contribution in [2.75, 3.05) is 23.8 Å². The zero-order valence-corrected chi connectivity index (χ0v) is 14.9. The molecule has 2 aromatic heterocycles. The van der Waals surface area contributed by atoms with Gasteiger partial charge in [0.25, 0.3) is 0 Å². The van der Waals surface area contributed by atoms with Crippen LogP contribution < -0.4 is 10.6 Å². The highest BCUT2D eigenvalue weighted by molar-refractivity contribution is 5.88. The second kappa shape index (κ2) is 8.15. The number of aromatic amines is 1. The van der Waals surface area contributed by atoms with Crippen LogP contribution in [0.4, 0.5) is 30.6 Å². The Hall–Kier alpha value is -3.30. The lowest BCUT2D eigenvalue weighted by Gasteiger charge is -2.12. The normalized spacial score (nSPS) is 11.4. The van der Waals surface area contributed by atoms with E-state index in [0.717, 1.165) is 5.56 Å². The zero-order valence-electron chi connectivity index (χ0n) is 14.9. The highest BCUT2D eigenvalue weighted by Gasteiger charge is 2.27. The summed E-state index contributed by atoms with van der Waals surface area (Å²) in [5, 5.41) is 5.70. The lowest BCUT2D eigenvalue weighted by Crippen LogP contribution is -2.22. The third-order valence-electron chi connectivity index (χ3n) is 3.74. The molecule has 0 bridgehead atoms. The summed E-state index contributed by atoms with van der Waals surface area (Å²) in [6, 6.07) is 8.53. The molecule has 0 unspecified atom stereocenters. The molecule has 10 heteroatoms. The van der Waals surface area contributed by atoms with Crippen LogP contribution >= 0.6 is 0 Å². The van der Waals surface area contributed by atoms with Crippen LogP contribution in [-0.4, -0.2) is 40.2 Å². The number of H-pyrrole nitrogens is 1. The molecular formula is C18H18F3N5O2. The van der Waals surface area contributed by atoms with Crippen LogP contribution in [0.15, 0.2) is 36.5 Å².